The number of nitro benzene ring substituents is 1. The Bertz CT molecular complexity index is 563. The Hall–Kier alpha value is -1.56. The molecule has 0 spiro atoms. The summed E-state index contributed by atoms with van der Waals surface area (Å²) in [5.41, 5.74) is 1.11. The van der Waals surface area contributed by atoms with Gasteiger partial charge in [-0.1, -0.05) is 12.1 Å². The Morgan fingerprint density at radius 1 is 1.11 bits per heavy atom. The molecule has 1 aromatic carbocycles. The Morgan fingerprint density at radius 3 is 2.14 bits per heavy atom. The fourth-order valence-electron chi connectivity index (χ4n) is 3.36. The molecule has 1 aromatic rings. The second-order valence-electron chi connectivity index (χ2n) is 7.22. The molecule has 1 aliphatic heterocycles. The summed E-state index contributed by atoms with van der Waals surface area (Å²) in [4.78, 5) is 12.8. The maximum atomic E-state index is 10.8. The van der Waals surface area contributed by atoms with Crippen molar-refractivity contribution >= 4 is 12.7 Å². The van der Waals surface area contributed by atoms with Gasteiger partial charge in [0.05, 0.1) is 4.92 Å². The largest absolute Gasteiger partial charge is 0.437 e. The van der Waals surface area contributed by atoms with Crippen molar-refractivity contribution in [3.8, 4) is 0 Å². The molecule has 1 aliphatic rings. The Balaban J connectivity index is 1.96. The number of benzene rings is 1. The van der Waals surface area contributed by atoms with Crippen molar-refractivity contribution in [2.24, 2.45) is 0 Å². The molecule has 1 unspecified atom stereocenters. The lowest BCUT2D eigenvalue weighted by molar-refractivity contribution is -0.384. The molecule has 0 aliphatic carbocycles. The highest BCUT2D eigenvalue weighted by molar-refractivity contribution is 6.45. The van der Waals surface area contributed by atoms with E-state index in [-0.39, 0.29) is 16.7 Å². The molecule has 1 fully saturated rings. The van der Waals surface area contributed by atoms with Gasteiger partial charge in [0, 0.05) is 77.1 Å². The summed E-state index contributed by atoms with van der Waals surface area (Å²) in [7, 11) is -0.613. The maximum absolute atomic E-state index is 10.8. The Morgan fingerprint density at radius 2 is 1.64 bits per heavy atom. The summed E-state index contributed by atoms with van der Waals surface area (Å²) >= 11 is 0. The van der Waals surface area contributed by atoms with Crippen LogP contribution in [-0.4, -0.2) is 86.8 Å². The molecule has 9 nitrogen and oxygen atoms in total. The van der Waals surface area contributed by atoms with Crippen molar-refractivity contribution in [2.75, 3.05) is 58.9 Å². The van der Waals surface area contributed by atoms with E-state index in [9.17, 15) is 15.1 Å². The van der Waals surface area contributed by atoms with Gasteiger partial charge in [0.25, 0.3) is 5.69 Å². The molecule has 5 N–H and O–H groups in total. The first-order chi connectivity index (χ1) is 13.5. The van der Waals surface area contributed by atoms with E-state index in [0.717, 1.165) is 64.5 Å². The third-order valence-corrected chi connectivity index (χ3v) is 4.75. The van der Waals surface area contributed by atoms with Gasteiger partial charge in [-0.05, 0) is 18.8 Å². The first-order valence-corrected chi connectivity index (χ1v) is 10.1. The third kappa shape index (κ3) is 9.09. The van der Waals surface area contributed by atoms with Crippen LogP contribution in [0, 0.1) is 10.1 Å². The second-order valence-corrected chi connectivity index (χ2v) is 7.22. The van der Waals surface area contributed by atoms with Gasteiger partial charge in [-0.3, -0.25) is 15.0 Å². The molecule has 0 saturated carbocycles. The van der Waals surface area contributed by atoms with E-state index in [4.69, 9.17) is 0 Å². The normalized spacial score (nSPS) is 18.6. The van der Waals surface area contributed by atoms with Crippen molar-refractivity contribution < 1.29 is 9.95 Å². The van der Waals surface area contributed by atoms with Crippen molar-refractivity contribution in [3.05, 3.63) is 39.9 Å². The van der Waals surface area contributed by atoms with Crippen LogP contribution >= 0.6 is 0 Å². The highest BCUT2D eigenvalue weighted by Gasteiger charge is 2.18. The predicted molar refractivity (Wildman–Crippen MR) is 113 cm³/mol. The van der Waals surface area contributed by atoms with Crippen LogP contribution in [-0.2, 0) is 6.42 Å². The van der Waals surface area contributed by atoms with E-state index < -0.39 is 7.05 Å². The quantitative estimate of drug-likeness (QED) is 0.235. The van der Waals surface area contributed by atoms with Crippen molar-refractivity contribution in [1.29, 1.82) is 0 Å². The molecule has 1 saturated heterocycles. The maximum Gasteiger partial charge on any atom is 0.373 e. The van der Waals surface area contributed by atoms with E-state index in [1.165, 1.54) is 12.1 Å². The van der Waals surface area contributed by atoms with E-state index in [1.54, 1.807) is 19.0 Å². The Labute approximate surface area is 167 Å². The molecule has 156 valence electrons. The van der Waals surface area contributed by atoms with Gasteiger partial charge in [0.2, 0.25) is 0 Å². The number of nitro groups is 1. The minimum Gasteiger partial charge on any atom is -0.437 e. The number of rotatable bonds is 7. The lowest BCUT2D eigenvalue weighted by Gasteiger charge is -2.29. The highest BCUT2D eigenvalue weighted by Crippen LogP contribution is 2.13. The highest BCUT2D eigenvalue weighted by atomic mass is 16.6. The summed E-state index contributed by atoms with van der Waals surface area (Å²) in [6.07, 6.45) is 0.699. The standard InChI is InChI=1S/C18H33BN6O3/c1-19(26)23-17(14-16-2-4-18(5-3-16)25(27)28)15-24-12-10-21-8-6-20-7-9-22-11-13-24/h2-5,17,20-23,26H,6-15H2,1H3. The fraction of sp³-hybridized carbons (Fsp3) is 0.667. The molecule has 0 aromatic heterocycles. The lowest BCUT2D eigenvalue weighted by atomic mass is 9.86. The molecular formula is C18H33BN6O3. The third-order valence-electron chi connectivity index (χ3n) is 4.75. The minimum absolute atomic E-state index is 0.0519. The number of hydrogen-bond donors (Lipinski definition) is 5. The van der Waals surface area contributed by atoms with Crippen LogP contribution in [0.15, 0.2) is 24.3 Å². The zero-order valence-electron chi connectivity index (χ0n) is 16.7. The molecule has 10 heteroatoms. The molecule has 28 heavy (non-hydrogen) atoms. The van der Waals surface area contributed by atoms with Gasteiger partial charge < -0.3 is 26.2 Å². The van der Waals surface area contributed by atoms with Gasteiger partial charge >= 0.3 is 7.05 Å². The Kier molecular flexibility index (Phi) is 10.4. The molecule has 1 heterocycles. The summed E-state index contributed by atoms with van der Waals surface area (Å²) in [6, 6.07) is 6.71. The SMILES string of the molecule is CB(O)NC(Cc1ccc([N+](=O)[O-])cc1)CN1CCNCCNCCNCC1. The first-order valence-electron chi connectivity index (χ1n) is 10.1. The van der Waals surface area contributed by atoms with Gasteiger partial charge in [-0.2, -0.15) is 0 Å². The summed E-state index contributed by atoms with van der Waals surface area (Å²) in [5, 5.41) is 34.2. The molecule has 2 rings (SSSR count). The average Bonchev–Trinajstić information content (AvgIpc) is 2.64. The minimum atomic E-state index is -0.613. The monoisotopic (exact) mass is 392 g/mol. The number of non-ortho nitro benzene ring substituents is 1. The average molecular weight is 392 g/mol. The van der Waals surface area contributed by atoms with E-state index in [0.29, 0.717) is 6.42 Å². The van der Waals surface area contributed by atoms with Gasteiger partial charge in [0.1, 0.15) is 0 Å². The van der Waals surface area contributed by atoms with Crippen LogP contribution in [0.2, 0.25) is 6.82 Å². The number of nitrogens with zero attached hydrogens (tertiary/aromatic N) is 2. The van der Waals surface area contributed by atoms with Crippen LogP contribution in [0.1, 0.15) is 5.56 Å². The van der Waals surface area contributed by atoms with Crippen LogP contribution in [0.5, 0.6) is 0 Å². The van der Waals surface area contributed by atoms with Crippen LogP contribution in [0.3, 0.4) is 0 Å². The molecule has 0 amide bonds. The van der Waals surface area contributed by atoms with E-state index in [2.05, 4.69) is 26.1 Å². The molecule has 0 radical (unpaired) electrons. The number of nitrogens with one attached hydrogen (secondary N) is 4. The van der Waals surface area contributed by atoms with Gasteiger partial charge in [0.15, 0.2) is 0 Å². The van der Waals surface area contributed by atoms with Crippen molar-refractivity contribution in [3.63, 3.8) is 0 Å². The summed E-state index contributed by atoms with van der Waals surface area (Å²) in [6.45, 7) is 10.0. The summed E-state index contributed by atoms with van der Waals surface area (Å²) < 4.78 is 0. The summed E-state index contributed by atoms with van der Waals surface area (Å²) in [5.74, 6) is 0. The van der Waals surface area contributed by atoms with Crippen molar-refractivity contribution in [2.45, 2.75) is 19.3 Å². The van der Waals surface area contributed by atoms with E-state index in [1.807, 2.05) is 0 Å². The number of hydrogen-bond acceptors (Lipinski definition) is 8. The van der Waals surface area contributed by atoms with Crippen LogP contribution < -0.4 is 21.2 Å². The first kappa shape index (κ1) is 22.7. The van der Waals surface area contributed by atoms with Crippen molar-refractivity contribution in [1.82, 2.24) is 26.1 Å². The topological polar surface area (TPSA) is 115 Å². The second kappa shape index (κ2) is 12.8. The molecular weight excluding hydrogens is 359 g/mol. The predicted octanol–water partition coefficient (Wildman–Crippen LogP) is -0.710. The molecule has 1 atom stereocenters. The van der Waals surface area contributed by atoms with Crippen LogP contribution in [0.4, 0.5) is 5.69 Å². The van der Waals surface area contributed by atoms with E-state index >= 15 is 0 Å². The zero-order chi connectivity index (χ0) is 20.2. The van der Waals surface area contributed by atoms with Crippen LogP contribution in [0.25, 0.3) is 0 Å². The van der Waals surface area contributed by atoms with Gasteiger partial charge in [-0.25, -0.2) is 0 Å². The smallest absolute Gasteiger partial charge is 0.373 e. The fourth-order valence-corrected chi connectivity index (χ4v) is 3.36. The molecule has 0 bridgehead atoms. The van der Waals surface area contributed by atoms with Gasteiger partial charge in [-0.15, -0.1) is 0 Å². The zero-order valence-corrected chi connectivity index (χ0v) is 16.7. The lowest BCUT2D eigenvalue weighted by Crippen LogP contribution is -2.50.